The van der Waals surface area contributed by atoms with Gasteiger partial charge in [-0.15, -0.1) is 0 Å². The van der Waals surface area contributed by atoms with Gasteiger partial charge in [-0.25, -0.2) is 0 Å². The van der Waals surface area contributed by atoms with E-state index in [4.69, 9.17) is 16.3 Å². The molecule has 1 aromatic carbocycles. The van der Waals surface area contributed by atoms with Crippen LogP contribution in [0.1, 0.15) is 18.4 Å². The Morgan fingerprint density at radius 2 is 2.15 bits per heavy atom. The number of rotatable bonds is 2. The molecule has 0 N–H and O–H groups in total. The maximum absolute atomic E-state index is 6.12. The summed E-state index contributed by atoms with van der Waals surface area (Å²) in [6.45, 7) is 0. The molecule has 0 radical (unpaired) electrons. The first-order chi connectivity index (χ1) is 6.18. The lowest BCUT2D eigenvalue weighted by Crippen LogP contribution is -2.09. The van der Waals surface area contributed by atoms with Crippen molar-refractivity contribution in [1.82, 2.24) is 0 Å². The lowest BCUT2D eigenvalue weighted by atomic mass is 10.1. The van der Waals surface area contributed by atoms with Gasteiger partial charge in [-0.2, -0.15) is 0 Å². The minimum absolute atomic E-state index is 0.0855. The van der Waals surface area contributed by atoms with E-state index in [9.17, 15) is 0 Å². The lowest BCUT2D eigenvalue weighted by molar-refractivity contribution is 0.0790. The maximum atomic E-state index is 6.12. The van der Waals surface area contributed by atoms with Crippen LogP contribution in [-0.4, -0.2) is 7.11 Å². The summed E-state index contributed by atoms with van der Waals surface area (Å²) in [6, 6.07) is 5.94. The van der Waals surface area contributed by atoms with Crippen molar-refractivity contribution in [3.8, 4) is 0 Å². The quantitative estimate of drug-likeness (QED) is 0.788. The van der Waals surface area contributed by atoms with Gasteiger partial charge in [-0.1, -0.05) is 33.6 Å². The third kappa shape index (κ3) is 1.63. The van der Waals surface area contributed by atoms with E-state index in [0.717, 1.165) is 27.9 Å². The smallest absolute Gasteiger partial charge is 0.0944 e. The second-order valence-corrected chi connectivity index (χ2v) is 4.65. The molecule has 1 aromatic rings. The zero-order valence-corrected chi connectivity index (χ0v) is 9.65. The Bertz CT molecular complexity index is 334. The summed E-state index contributed by atoms with van der Waals surface area (Å²) in [7, 11) is 1.74. The lowest BCUT2D eigenvalue weighted by Gasteiger charge is -2.15. The third-order valence-electron chi connectivity index (χ3n) is 2.52. The van der Waals surface area contributed by atoms with Crippen LogP contribution >= 0.6 is 27.5 Å². The first-order valence-electron chi connectivity index (χ1n) is 4.19. The molecule has 0 amide bonds. The summed E-state index contributed by atoms with van der Waals surface area (Å²) in [6.07, 6.45) is 2.15. The van der Waals surface area contributed by atoms with Gasteiger partial charge in [0.05, 0.1) is 5.60 Å². The number of ether oxygens (including phenoxy) is 1. The molecule has 0 aliphatic heterocycles. The first-order valence-corrected chi connectivity index (χ1v) is 5.36. The van der Waals surface area contributed by atoms with Gasteiger partial charge in [-0.3, -0.25) is 0 Å². The van der Waals surface area contributed by atoms with Gasteiger partial charge < -0.3 is 4.74 Å². The summed E-state index contributed by atoms with van der Waals surface area (Å²) < 4.78 is 6.46. The fourth-order valence-electron chi connectivity index (χ4n) is 1.56. The van der Waals surface area contributed by atoms with Crippen LogP contribution < -0.4 is 0 Å². The molecule has 70 valence electrons. The highest BCUT2D eigenvalue weighted by molar-refractivity contribution is 9.10. The van der Waals surface area contributed by atoms with E-state index in [1.165, 1.54) is 0 Å². The van der Waals surface area contributed by atoms with Gasteiger partial charge in [0.25, 0.3) is 0 Å². The molecule has 13 heavy (non-hydrogen) atoms. The number of benzene rings is 1. The van der Waals surface area contributed by atoms with Gasteiger partial charge in [-0.05, 0) is 25.0 Å². The van der Waals surface area contributed by atoms with Crippen molar-refractivity contribution < 1.29 is 4.74 Å². The van der Waals surface area contributed by atoms with E-state index in [1.807, 2.05) is 18.2 Å². The summed E-state index contributed by atoms with van der Waals surface area (Å²) in [5.41, 5.74) is 1.03. The molecule has 1 aliphatic carbocycles. The maximum Gasteiger partial charge on any atom is 0.0944 e. The second kappa shape index (κ2) is 3.26. The van der Waals surface area contributed by atoms with Crippen molar-refractivity contribution in [2.75, 3.05) is 7.11 Å². The molecule has 3 heteroatoms. The van der Waals surface area contributed by atoms with Crippen LogP contribution in [0.2, 0.25) is 5.02 Å². The molecule has 0 saturated heterocycles. The largest absolute Gasteiger partial charge is 0.373 e. The predicted octanol–water partition coefficient (Wildman–Crippen LogP) is 3.74. The average molecular weight is 262 g/mol. The molecular weight excluding hydrogens is 251 g/mol. The Morgan fingerprint density at radius 3 is 2.62 bits per heavy atom. The molecule has 0 spiro atoms. The highest BCUT2D eigenvalue weighted by Gasteiger charge is 2.45. The monoisotopic (exact) mass is 260 g/mol. The zero-order chi connectivity index (χ0) is 9.47. The van der Waals surface area contributed by atoms with Crippen molar-refractivity contribution in [1.29, 1.82) is 0 Å². The molecule has 1 nitrogen and oxygen atoms in total. The van der Waals surface area contributed by atoms with Gasteiger partial charge in [0.1, 0.15) is 0 Å². The summed E-state index contributed by atoms with van der Waals surface area (Å²) in [4.78, 5) is 0. The van der Waals surface area contributed by atoms with Gasteiger partial charge in [0.2, 0.25) is 0 Å². The molecular formula is C10H10BrClO. The molecule has 0 heterocycles. The van der Waals surface area contributed by atoms with E-state index in [-0.39, 0.29) is 5.60 Å². The van der Waals surface area contributed by atoms with Gasteiger partial charge in [0, 0.05) is 22.2 Å². The molecule has 1 saturated carbocycles. The van der Waals surface area contributed by atoms with Gasteiger partial charge in [0.15, 0.2) is 0 Å². The molecule has 0 aromatic heterocycles. The molecule has 0 unspecified atom stereocenters. The highest BCUT2D eigenvalue weighted by Crippen LogP contribution is 2.51. The van der Waals surface area contributed by atoms with Crippen LogP contribution in [0.5, 0.6) is 0 Å². The van der Waals surface area contributed by atoms with Crippen molar-refractivity contribution >= 4 is 27.5 Å². The van der Waals surface area contributed by atoms with E-state index in [2.05, 4.69) is 15.9 Å². The van der Waals surface area contributed by atoms with Crippen LogP contribution in [0, 0.1) is 0 Å². The third-order valence-corrected chi connectivity index (χ3v) is 3.32. The van der Waals surface area contributed by atoms with E-state index in [0.29, 0.717) is 0 Å². The Labute approximate surface area is 91.2 Å². The van der Waals surface area contributed by atoms with Crippen molar-refractivity contribution in [3.05, 3.63) is 33.3 Å². The van der Waals surface area contributed by atoms with Crippen LogP contribution in [0.25, 0.3) is 0 Å². The Morgan fingerprint density at radius 1 is 1.46 bits per heavy atom. The Balaban J connectivity index is 2.41. The highest BCUT2D eigenvalue weighted by atomic mass is 79.9. The van der Waals surface area contributed by atoms with E-state index < -0.39 is 0 Å². The molecule has 0 atom stereocenters. The van der Waals surface area contributed by atoms with Crippen LogP contribution in [0.4, 0.5) is 0 Å². The van der Waals surface area contributed by atoms with Crippen molar-refractivity contribution in [3.63, 3.8) is 0 Å². The zero-order valence-electron chi connectivity index (χ0n) is 7.31. The number of halogens is 2. The molecule has 2 rings (SSSR count). The molecule has 1 fully saturated rings. The Hall–Kier alpha value is -0.0500. The first kappa shape index (κ1) is 9.50. The number of hydrogen-bond acceptors (Lipinski definition) is 1. The minimum atomic E-state index is -0.0855. The fourth-order valence-corrected chi connectivity index (χ4v) is 2.40. The van der Waals surface area contributed by atoms with Crippen LogP contribution in [0.3, 0.4) is 0 Å². The number of methoxy groups -OCH3 is 1. The number of hydrogen-bond donors (Lipinski definition) is 0. The standard InChI is InChI=1S/C10H10BrClO/c1-13-10(4-5-10)8-3-2-7(11)6-9(8)12/h2-3,6H,4-5H2,1H3. The summed E-state index contributed by atoms with van der Waals surface area (Å²) in [5.74, 6) is 0. The second-order valence-electron chi connectivity index (χ2n) is 3.32. The fraction of sp³-hybridized carbons (Fsp3) is 0.400. The SMILES string of the molecule is COC1(c2ccc(Br)cc2Cl)CC1. The molecule has 1 aliphatic rings. The summed E-state index contributed by atoms with van der Waals surface area (Å²) in [5, 5.41) is 0.786. The van der Waals surface area contributed by atoms with E-state index >= 15 is 0 Å². The topological polar surface area (TPSA) is 9.23 Å². The van der Waals surface area contributed by atoms with Crippen LogP contribution in [-0.2, 0) is 10.3 Å². The van der Waals surface area contributed by atoms with Crippen molar-refractivity contribution in [2.45, 2.75) is 18.4 Å². The summed E-state index contributed by atoms with van der Waals surface area (Å²) >= 11 is 9.50. The minimum Gasteiger partial charge on any atom is -0.373 e. The van der Waals surface area contributed by atoms with Crippen LogP contribution in [0.15, 0.2) is 22.7 Å². The predicted molar refractivity (Wildman–Crippen MR) is 57.1 cm³/mol. The Kier molecular flexibility index (Phi) is 2.39. The average Bonchev–Trinajstić information content (AvgIpc) is 2.85. The molecule has 0 bridgehead atoms. The normalized spacial score (nSPS) is 18.7. The van der Waals surface area contributed by atoms with Gasteiger partial charge >= 0.3 is 0 Å². The van der Waals surface area contributed by atoms with E-state index in [1.54, 1.807) is 7.11 Å². The van der Waals surface area contributed by atoms with Crippen molar-refractivity contribution in [2.24, 2.45) is 0 Å².